The highest BCUT2D eigenvalue weighted by atomic mass is 32.1. The molecule has 0 spiro atoms. The molecule has 5 heteroatoms. The van der Waals surface area contributed by atoms with E-state index in [2.05, 4.69) is 27.0 Å². The Morgan fingerprint density at radius 3 is 2.90 bits per heavy atom. The van der Waals surface area contributed by atoms with Crippen LogP contribution < -0.4 is 4.90 Å². The minimum atomic E-state index is -0.171. The lowest BCUT2D eigenvalue weighted by molar-refractivity contribution is -0.140. The summed E-state index contributed by atoms with van der Waals surface area (Å²) in [5.41, 5.74) is 0.992. The molecule has 0 saturated heterocycles. The number of rotatable bonds is 6. The molecule has 4 nitrogen and oxygen atoms in total. The van der Waals surface area contributed by atoms with Crippen molar-refractivity contribution in [3.05, 3.63) is 11.1 Å². The SMILES string of the molecule is COC(=O)CCc1csc(N(C)CC2CCCCC2)n1. The van der Waals surface area contributed by atoms with Crippen molar-refractivity contribution in [1.29, 1.82) is 0 Å². The van der Waals surface area contributed by atoms with Gasteiger partial charge in [0.1, 0.15) is 0 Å². The van der Waals surface area contributed by atoms with Gasteiger partial charge in [-0.2, -0.15) is 0 Å². The van der Waals surface area contributed by atoms with E-state index in [4.69, 9.17) is 0 Å². The Hall–Kier alpha value is -1.10. The Kier molecular flexibility index (Phi) is 5.83. The maximum atomic E-state index is 11.1. The van der Waals surface area contributed by atoms with Gasteiger partial charge in [0.15, 0.2) is 5.13 Å². The summed E-state index contributed by atoms with van der Waals surface area (Å²) in [6.45, 7) is 1.10. The Morgan fingerprint density at radius 1 is 1.45 bits per heavy atom. The van der Waals surface area contributed by atoms with E-state index in [1.807, 2.05) is 0 Å². The molecule has 1 aliphatic carbocycles. The van der Waals surface area contributed by atoms with Crippen LogP contribution in [0.4, 0.5) is 5.13 Å². The quantitative estimate of drug-likeness (QED) is 0.756. The molecule has 1 fully saturated rings. The van der Waals surface area contributed by atoms with Gasteiger partial charge in [-0.05, 0) is 18.8 Å². The van der Waals surface area contributed by atoms with E-state index in [9.17, 15) is 4.79 Å². The number of carbonyl (C=O) groups is 1. The van der Waals surface area contributed by atoms with Crippen molar-refractivity contribution < 1.29 is 9.53 Å². The van der Waals surface area contributed by atoms with Gasteiger partial charge in [0, 0.05) is 25.4 Å². The van der Waals surface area contributed by atoms with Crippen molar-refractivity contribution in [3.8, 4) is 0 Å². The average molecular weight is 296 g/mol. The first-order chi connectivity index (χ1) is 9.69. The van der Waals surface area contributed by atoms with Gasteiger partial charge in [-0.25, -0.2) is 4.98 Å². The smallest absolute Gasteiger partial charge is 0.305 e. The van der Waals surface area contributed by atoms with Crippen molar-refractivity contribution in [1.82, 2.24) is 4.98 Å². The highest BCUT2D eigenvalue weighted by Crippen LogP contribution is 2.27. The molecule has 1 aromatic heterocycles. The van der Waals surface area contributed by atoms with Crippen LogP contribution in [0, 0.1) is 5.92 Å². The van der Waals surface area contributed by atoms with Gasteiger partial charge in [-0.3, -0.25) is 4.79 Å². The standard InChI is InChI=1S/C15H24N2O2S/c1-17(10-12-6-4-3-5-7-12)15-16-13(11-20-15)8-9-14(18)19-2/h11-12H,3-10H2,1-2H3. The average Bonchev–Trinajstić information content (AvgIpc) is 2.95. The molecule has 0 amide bonds. The molecule has 1 saturated carbocycles. The zero-order valence-corrected chi connectivity index (χ0v) is 13.2. The first kappa shape index (κ1) is 15.3. The largest absolute Gasteiger partial charge is 0.469 e. The van der Waals surface area contributed by atoms with Gasteiger partial charge in [-0.15, -0.1) is 11.3 Å². The number of ether oxygens (including phenoxy) is 1. The lowest BCUT2D eigenvalue weighted by Gasteiger charge is -2.26. The summed E-state index contributed by atoms with van der Waals surface area (Å²) in [6, 6.07) is 0. The van der Waals surface area contributed by atoms with E-state index in [1.54, 1.807) is 11.3 Å². The number of nitrogens with zero attached hydrogens (tertiary/aromatic N) is 2. The minimum absolute atomic E-state index is 0.171. The molecule has 20 heavy (non-hydrogen) atoms. The van der Waals surface area contributed by atoms with Crippen LogP contribution in [0.1, 0.15) is 44.2 Å². The molecule has 1 heterocycles. The van der Waals surface area contributed by atoms with Crippen molar-refractivity contribution >= 4 is 22.4 Å². The number of esters is 1. The van der Waals surface area contributed by atoms with Gasteiger partial charge in [0.2, 0.25) is 0 Å². The predicted octanol–water partition coefficient (Wildman–Crippen LogP) is 3.27. The molecule has 2 rings (SSSR count). The van der Waals surface area contributed by atoms with Gasteiger partial charge in [0.05, 0.1) is 19.2 Å². The predicted molar refractivity (Wildman–Crippen MR) is 82.3 cm³/mol. The maximum absolute atomic E-state index is 11.1. The molecular weight excluding hydrogens is 272 g/mol. The third-order valence-electron chi connectivity index (χ3n) is 3.94. The molecule has 0 atom stereocenters. The van der Waals surface area contributed by atoms with Gasteiger partial charge in [-0.1, -0.05) is 19.3 Å². The number of thiazole rings is 1. The lowest BCUT2D eigenvalue weighted by atomic mass is 9.89. The van der Waals surface area contributed by atoms with Crippen LogP contribution in [0.3, 0.4) is 0 Å². The summed E-state index contributed by atoms with van der Waals surface area (Å²) >= 11 is 1.67. The molecule has 0 aliphatic heterocycles. The second-order valence-corrected chi connectivity index (χ2v) is 6.42. The van der Waals surface area contributed by atoms with Crippen LogP contribution in [0.25, 0.3) is 0 Å². The van der Waals surface area contributed by atoms with E-state index in [0.717, 1.165) is 23.3 Å². The fourth-order valence-electron chi connectivity index (χ4n) is 2.75. The molecule has 0 bridgehead atoms. The van der Waals surface area contributed by atoms with E-state index in [-0.39, 0.29) is 5.97 Å². The van der Waals surface area contributed by atoms with E-state index < -0.39 is 0 Å². The van der Waals surface area contributed by atoms with Crippen molar-refractivity contribution in [2.75, 3.05) is 25.6 Å². The number of anilines is 1. The van der Waals surface area contributed by atoms with E-state index in [0.29, 0.717) is 12.8 Å². The van der Waals surface area contributed by atoms with Crippen LogP contribution in [-0.4, -0.2) is 31.7 Å². The number of hydrogen-bond acceptors (Lipinski definition) is 5. The van der Waals surface area contributed by atoms with Crippen molar-refractivity contribution in [3.63, 3.8) is 0 Å². The minimum Gasteiger partial charge on any atom is -0.469 e. The third kappa shape index (κ3) is 4.47. The fraction of sp³-hybridized carbons (Fsp3) is 0.733. The Balaban J connectivity index is 1.82. The molecular formula is C15H24N2O2S. The summed E-state index contributed by atoms with van der Waals surface area (Å²) in [5, 5.41) is 3.12. The Labute approximate surface area is 125 Å². The van der Waals surface area contributed by atoms with E-state index in [1.165, 1.54) is 39.2 Å². The van der Waals surface area contributed by atoms with Gasteiger partial charge < -0.3 is 9.64 Å². The van der Waals surface area contributed by atoms with Crippen LogP contribution in [0.5, 0.6) is 0 Å². The molecule has 0 unspecified atom stereocenters. The zero-order valence-electron chi connectivity index (χ0n) is 12.4. The molecule has 1 aromatic rings. The molecule has 112 valence electrons. The van der Waals surface area contributed by atoms with Crippen LogP contribution in [-0.2, 0) is 16.0 Å². The number of carbonyl (C=O) groups excluding carboxylic acids is 1. The molecule has 0 N–H and O–H groups in total. The Morgan fingerprint density at radius 2 is 2.20 bits per heavy atom. The van der Waals surface area contributed by atoms with Crippen LogP contribution in [0.15, 0.2) is 5.38 Å². The topological polar surface area (TPSA) is 42.4 Å². The number of aromatic nitrogens is 1. The summed E-state index contributed by atoms with van der Waals surface area (Å²) < 4.78 is 4.65. The normalized spacial score (nSPS) is 16.1. The second kappa shape index (κ2) is 7.62. The van der Waals surface area contributed by atoms with E-state index >= 15 is 0 Å². The lowest BCUT2D eigenvalue weighted by Crippen LogP contribution is -2.26. The molecule has 0 radical (unpaired) electrons. The molecule has 0 aromatic carbocycles. The number of methoxy groups -OCH3 is 1. The second-order valence-electron chi connectivity index (χ2n) is 5.58. The number of hydrogen-bond donors (Lipinski definition) is 0. The van der Waals surface area contributed by atoms with Crippen molar-refractivity contribution in [2.45, 2.75) is 44.9 Å². The summed E-state index contributed by atoms with van der Waals surface area (Å²) in [7, 11) is 3.55. The van der Waals surface area contributed by atoms with Crippen LogP contribution >= 0.6 is 11.3 Å². The molecule has 1 aliphatic rings. The Bertz CT molecular complexity index is 427. The first-order valence-electron chi connectivity index (χ1n) is 7.41. The van der Waals surface area contributed by atoms with Crippen LogP contribution in [0.2, 0.25) is 0 Å². The summed E-state index contributed by atoms with van der Waals surface area (Å²) in [5.74, 6) is 0.645. The zero-order chi connectivity index (χ0) is 14.4. The summed E-state index contributed by atoms with van der Waals surface area (Å²) in [4.78, 5) is 18.0. The summed E-state index contributed by atoms with van der Waals surface area (Å²) in [6.07, 6.45) is 7.93. The number of aryl methyl sites for hydroxylation is 1. The van der Waals surface area contributed by atoms with Crippen molar-refractivity contribution in [2.24, 2.45) is 5.92 Å². The third-order valence-corrected chi connectivity index (χ3v) is 4.94. The monoisotopic (exact) mass is 296 g/mol. The maximum Gasteiger partial charge on any atom is 0.305 e. The van der Waals surface area contributed by atoms with Gasteiger partial charge >= 0.3 is 5.97 Å². The first-order valence-corrected chi connectivity index (χ1v) is 8.29. The van der Waals surface area contributed by atoms with Gasteiger partial charge in [0.25, 0.3) is 0 Å². The fourth-order valence-corrected chi connectivity index (χ4v) is 3.59. The highest BCUT2D eigenvalue weighted by molar-refractivity contribution is 7.13. The highest BCUT2D eigenvalue weighted by Gasteiger charge is 2.17.